The Balaban J connectivity index is 1.96. The van der Waals surface area contributed by atoms with E-state index in [2.05, 4.69) is 0 Å². The molecular weight excluding hydrogens is 334 g/mol. The van der Waals surface area contributed by atoms with Gasteiger partial charge in [-0.25, -0.2) is 8.42 Å². The SMILES string of the molecule is COCC1CCCN(C(=O)Cc2ccc(S(=O)(=O)Cl)s2)C1. The van der Waals surface area contributed by atoms with Gasteiger partial charge in [0, 0.05) is 35.8 Å². The van der Waals surface area contributed by atoms with Gasteiger partial charge in [-0.05, 0) is 30.9 Å². The monoisotopic (exact) mass is 351 g/mol. The van der Waals surface area contributed by atoms with Crippen molar-refractivity contribution in [1.29, 1.82) is 0 Å². The molecule has 21 heavy (non-hydrogen) atoms. The maximum Gasteiger partial charge on any atom is 0.270 e. The minimum Gasteiger partial charge on any atom is -0.384 e. The number of piperidine rings is 1. The van der Waals surface area contributed by atoms with Crippen LogP contribution in [0.15, 0.2) is 16.3 Å². The third-order valence-corrected chi connectivity index (χ3v) is 6.65. The summed E-state index contributed by atoms with van der Waals surface area (Å²) in [6.45, 7) is 2.13. The van der Waals surface area contributed by atoms with E-state index in [1.165, 1.54) is 6.07 Å². The van der Waals surface area contributed by atoms with Crippen molar-refractivity contribution in [3.63, 3.8) is 0 Å². The van der Waals surface area contributed by atoms with Crippen molar-refractivity contribution in [3.8, 4) is 0 Å². The molecule has 0 spiro atoms. The zero-order valence-electron chi connectivity index (χ0n) is 11.7. The lowest BCUT2D eigenvalue weighted by molar-refractivity contribution is -0.132. The van der Waals surface area contributed by atoms with Crippen molar-refractivity contribution in [1.82, 2.24) is 4.90 Å². The molecule has 0 N–H and O–H groups in total. The van der Waals surface area contributed by atoms with Gasteiger partial charge in [0.25, 0.3) is 9.05 Å². The molecular formula is C13H18ClNO4S2. The Labute approximate surface area is 133 Å². The molecule has 118 valence electrons. The molecule has 1 aromatic heterocycles. The Morgan fingerprint density at radius 3 is 2.90 bits per heavy atom. The van der Waals surface area contributed by atoms with E-state index in [-0.39, 0.29) is 16.5 Å². The summed E-state index contributed by atoms with van der Waals surface area (Å²) < 4.78 is 27.7. The highest BCUT2D eigenvalue weighted by Gasteiger charge is 2.24. The first kappa shape index (κ1) is 16.7. The van der Waals surface area contributed by atoms with Gasteiger partial charge in [-0.3, -0.25) is 4.79 Å². The summed E-state index contributed by atoms with van der Waals surface area (Å²) in [6, 6.07) is 3.09. The molecule has 2 heterocycles. The Bertz CT molecular complexity index is 597. The van der Waals surface area contributed by atoms with Crippen molar-refractivity contribution in [3.05, 3.63) is 17.0 Å². The van der Waals surface area contributed by atoms with Crippen LogP contribution in [0.4, 0.5) is 0 Å². The molecule has 2 rings (SSSR count). The molecule has 1 saturated heterocycles. The average Bonchev–Trinajstić information content (AvgIpc) is 2.88. The van der Waals surface area contributed by atoms with E-state index in [1.54, 1.807) is 13.2 Å². The number of halogens is 1. The molecule has 1 atom stereocenters. The molecule has 0 aliphatic carbocycles. The zero-order chi connectivity index (χ0) is 15.5. The molecule has 1 amide bonds. The average molecular weight is 352 g/mol. The lowest BCUT2D eigenvalue weighted by Gasteiger charge is -2.32. The van der Waals surface area contributed by atoms with E-state index in [9.17, 15) is 13.2 Å². The lowest BCUT2D eigenvalue weighted by Crippen LogP contribution is -2.41. The maximum atomic E-state index is 12.3. The Morgan fingerprint density at radius 2 is 2.29 bits per heavy atom. The number of thiophene rings is 1. The van der Waals surface area contributed by atoms with Gasteiger partial charge in [-0.15, -0.1) is 11.3 Å². The summed E-state index contributed by atoms with van der Waals surface area (Å²) in [7, 11) is 3.24. The van der Waals surface area contributed by atoms with Gasteiger partial charge in [0.1, 0.15) is 4.21 Å². The molecule has 1 aromatic rings. The topological polar surface area (TPSA) is 63.7 Å². The minimum absolute atomic E-state index is 0.0242. The fourth-order valence-electron chi connectivity index (χ4n) is 2.51. The van der Waals surface area contributed by atoms with E-state index in [4.69, 9.17) is 15.4 Å². The molecule has 0 saturated carbocycles. The number of rotatable bonds is 5. The van der Waals surface area contributed by atoms with Crippen LogP contribution in [0.1, 0.15) is 17.7 Å². The molecule has 1 aliphatic heterocycles. The predicted octanol–water partition coefficient (Wildman–Crippen LogP) is 2.10. The highest BCUT2D eigenvalue weighted by atomic mass is 35.7. The van der Waals surface area contributed by atoms with Crippen molar-refractivity contribution >= 4 is 37.0 Å². The van der Waals surface area contributed by atoms with Crippen LogP contribution in [-0.4, -0.2) is 46.0 Å². The molecule has 1 aliphatic rings. The third kappa shape index (κ3) is 4.67. The number of ether oxygens (including phenoxy) is 1. The Hall–Kier alpha value is -0.630. The first-order valence-corrected chi connectivity index (χ1v) is 9.83. The number of hydrogen-bond acceptors (Lipinski definition) is 5. The molecule has 8 heteroatoms. The van der Waals surface area contributed by atoms with Gasteiger partial charge in [0.05, 0.1) is 13.0 Å². The Kier molecular flexibility index (Phi) is 5.65. The summed E-state index contributed by atoms with van der Waals surface area (Å²) in [5.74, 6) is 0.408. The largest absolute Gasteiger partial charge is 0.384 e. The van der Waals surface area contributed by atoms with Crippen molar-refractivity contribution in [2.24, 2.45) is 5.92 Å². The second-order valence-electron chi connectivity index (χ2n) is 5.14. The van der Waals surface area contributed by atoms with E-state index in [0.717, 1.165) is 30.7 Å². The van der Waals surface area contributed by atoms with Gasteiger partial charge in [0.2, 0.25) is 5.91 Å². The highest BCUT2D eigenvalue weighted by Crippen LogP contribution is 2.26. The molecule has 0 aromatic carbocycles. The van der Waals surface area contributed by atoms with Crippen LogP contribution in [0, 0.1) is 5.92 Å². The van der Waals surface area contributed by atoms with E-state index in [0.29, 0.717) is 23.9 Å². The quantitative estimate of drug-likeness (QED) is 0.762. The second-order valence-corrected chi connectivity index (χ2v) is 9.10. The van der Waals surface area contributed by atoms with Crippen LogP contribution in [0.5, 0.6) is 0 Å². The Morgan fingerprint density at radius 1 is 1.52 bits per heavy atom. The van der Waals surface area contributed by atoms with Gasteiger partial charge >= 0.3 is 0 Å². The van der Waals surface area contributed by atoms with Crippen molar-refractivity contribution in [2.45, 2.75) is 23.5 Å². The predicted molar refractivity (Wildman–Crippen MR) is 82.2 cm³/mol. The summed E-state index contributed by atoms with van der Waals surface area (Å²) in [5.41, 5.74) is 0. The van der Waals surface area contributed by atoms with Crippen LogP contribution in [0.3, 0.4) is 0 Å². The maximum absolute atomic E-state index is 12.3. The number of carbonyl (C=O) groups excluding carboxylic acids is 1. The van der Waals surface area contributed by atoms with Crippen LogP contribution in [0.25, 0.3) is 0 Å². The van der Waals surface area contributed by atoms with Gasteiger partial charge in [-0.2, -0.15) is 0 Å². The normalized spacial score (nSPS) is 19.7. The third-order valence-electron chi connectivity index (χ3n) is 3.48. The van der Waals surface area contributed by atoms with E-state index in [1.807, 2.05) is 4.90 Å². The summed E-state index contributed by atoms with van der Waals surface area (Å²) in [4.78, 5) is 14.8. The number of likely N-dealkylation sites (tertiary alicyclic amines) is 1. The molecule has 5 nitrogen and oxygen atoms in total. The van der Waals surface area contributed by atoms with E-state index < -0.39 is 9.05 Å². The number of nitrogens with zero attached hydrogens (tertiary/aromatic N) is 1. The molecule has 0 bridgehead atoms. The minimum atomic E-state index is -3.71. The molecule has 1 fully saturated rings. The first-order chi connectivity index (χ1) is 9.90. The zero-order valence-corrected chi connectivity index (χ0v) is 14.1. The number of amides is 1. The van der Waals surface area contributed by atoms with Crippen LogP contribution in [-0.2, 0) is 25.0 Å². The fraction of sp³-hybridized carbons (Fsp3) is 0.615. The van der Waals surface area contributed by atoms with Gasteiger partial charge in [0.15, 0.2) is 0 Å². The first-order valence-electron chi connectivity index (χ1n) is 6.70. The standard InChI is InChI=1S/C13H18ClNO4S2/c1-19-9-10-3-2-6-15(8-10)12(16)7-11-4-5-13(20-11)21(14,17)18/h4-5,10H,2-3,6-9H2,1H3. The lowest BCUT2D eigenvalue weighted by atomic mass is 9.98. The van der Waals surface area contributed by atoms with E-state index >= 15 is 0 Å². The van der Waals surface area contributed by atoms with Crippen molar-refractivity contribution in [2.75, 3.05) is 26.8 Å². The van der Waals surface area contributed by atoms with Gasteiger partial charge in [-0.1, -0.05) is 0 Å². The summed E-state index contributed by atoms with van der Waals surface area (Å²) in [5, 5.41) is 0. The number of methoxy groups -OCH3 is 1. The van der Waals surface area contributed by atoms with Crippen LogP contribution < -0.4 is 0 Å². The van der Waals surface area contributed by atoms with Gasteiger partial charge < -0.3 is 9.64 Å². The molecule has 0 radical (unpaired) electrons. The van der Waals surface area contributed by atoms with Crippen molar-refractivity contribution < 1.29 is 17.9 Å². The smallest absolute Gasteiger partial charge is 0.270 e. The summed E-state index contributed by atoms with van der Waals surface area (Å²) >= 11 is 1.05. The second kappa shape index (κ2) is 7.09. The summed E-state index contributed by atoms with van der Waals surface area (Å²) in [6.07, 6.45) is 2.27. The number of hydrogen-bond donors (Lipinski definition) is 0. The fourth-order valence-corrected chi connectivity index (χ4v) is 4.62. The number of carbonyl (C=O) groups is 1. The van der Waals surface area contributed by atoms with Crippen LogP contribution in [0.2, 0.25) is 0 Å². The molecule has 1 unspecified atom stereocenters. The highest BCUT2D eigenvalue weighted by molar-refractivity contribution is 8.15. The van der Waals surface area contributed by atoms with Crippen LogP contribution >= 0.6 is 22.0 Å².